The molecule has 0 unspecified atom stereocenters. The van der Waals surface area contributed by atoms with Crippen LogP contribution in [-0.2, 0) is 17.8 Å². The zero-order valence-electron chi connectivity index (χ0n) is 20.2. The lowest BCUT2D eigenvalue weighted by atomic mass is 10.0. The lowest BCUT2D eigenvalue weighted by Crippen LogP contribution is -2.30. The number of amides is 3. The number of nitrogens with one attached hydrogen (secondary N) is 1. The van der Waals surface area contributed by atoms with E-state index in [0.717, 1.165) is 10.5 Å². The van der Waals surface area contributed by atoms with Crippen molar-refractivity contribution in [1.29, 1.82) is 0 Å². The number of para-hydroxylation sites is 1. The zero-order chi connectivity index (χ0) is 26.4. The van der Waals surface area contributed by atoms with Crippen molar-refractivity contribution in [2.75, 3.05) is 11.5 Å². The van der Waals surface area contributed by atoms with Gasteiger partial charge in [0.2, 0.25) is 0 Å². The number of imide groups is 1. The van der Waals surface area contributed by atoms with Crippen molar-refractivity contribution in [3.05, 3.63) is 112 Å². The smallest absolute Gasteiger partial charge is 0.333 e. The van der Waals surface area contributed by atoms with Gasteiger partial charge in [-0.15, -0.1) is 6.58 Å². The van der Waals surface area contributed by atoms with Crippen LogP contribution in [0.15, 0.2) is 85.1 Å². The van der Waals surface area contributed by atoms with Crippen LogP contribution >= 0.6 is 0 Å². The Morgan fingerprint density at radius 1 is 1.05 bits per heavy atom. The van der Waals surface area contributed by atoms with E-state index in [1.807, 2.05) is 13.0 Å². The Hall–Kier alpha value is -4.92. The predicted molar refractivity (Wildman–Crippen MR) is 139 cm³/mol. The van der Waals surface area contributed by atoms with E-state index in [4.69, 9.17) is 9.47 Å². The van der Waals surface area contributed by atoms with E-state index in [1.54, 1.807) is 60.7 Å². The Morgan fingerprint density at radius 3 is 2.54 bits per heavy atom. The minimum atomic E-state index is -0.532. The van der Waals surface area contributed by atoms with E-state index in [9.17, 15) is 19.7 Å². The number of nitro benzene ring substituents is 1. The Kier molecular flexibility index (Phi) is 7.63. The average Bonchev–Trinajstić information content (AvgIpc) is 3.16. The lowest BCUT2D eigenvalue weighted by molar-refractivity contribution is -0.384. The highest BCUT2D eigenvalue weighted by molar-refractivity contribution is 6.28. The molecule has 0 aliphatic carbocycles. The van der Waals surface area contributed by atoms with Gasteiger partial charge in [0.25, 0.3) is 11.6 Å². The van der Waals surface area contributed by atoms with Crippen molar-refractivity contribution < 1.29 is 24.0 Å². The molecule has 37 heavy (non-hydrogen) atoms. The quantitative estimate of drug-likeness (QED) is 0.131. The van der Waals surface area contributed by atoms with Crippen molar-refractivity contribution >= 4 is 29.4 Å². The number of rotatable bonds is 10. The highest BCUT2D eigenvalue weighted by Gasteiger charge is 2.34. The number of anilines is 1. The topological polar surface area (TPSA) is 111 Å². The summed E-state index contributed by atoms with van der Waals surface area (Å²) < 4.78 is 11.9. The molecule has 4 rings (SSSR count). The standard InChI is InChI=1S/C28H25N3O6/c1-3-9-21-14-20(16-24-27(32)30(28(33)29-24)22-11-6-5-7-12-22)17-25(36-4-2)26(21)37-18-19-10-8-13-23(15-19)31(34)35/h3,5-8,10-17H,1,4,9,18H2,2H3,(H,29,33)/b24-16+. The Morgan fingerprint density at radius 2 is 1.84 bits per heavy atom. The lowest BCUT2D eigenvalue weighted by Gasteiger charge is -2.17. The molecule has 1 heterocycles. The fourth-order valence-corrected chi connectivity index (χ4v) is 3.93. The third-order valence-corrected chi connectivity index (χ3v) is 5.53. The summed E-state index contributed by atoms with van der Waals surface area (Å²) in [6.07, 6.45) is 3.74. The van der Waals surface area contributed by atoms with E-state index in [-0.39, 0.29) is 18.0 Å². The van der Waals surface area contributed by atoms with Crippen LogP contribution in [-0.4, -0.2) is 23.5 Å². The molecule has 9 nitrogen and oxygen atoms in total. The minimum Gasteiger partial charge on any atom is -0.490 e. The maximum Gasteiger partial charge on any atom is 0.333 e. The van der Waals surface area contributed by atoms with Crippen molar-refractivity contribution in [3.8, 4) is 11.5 Å². The van der Waals surface area contributed by atoms with Gasteiger partial charge in [0.05, 0.1) is 17.2 Å². The molecule has 0 atom stereocenters. The van der Waals surface area contributed by atoms with Crippen LogP contribution in [0.4, 0.5) is 16.2 Å². The van der Waals surface area contributed by atoms with Crippen LogP contribution in [0.3, 0.4) is 0 Å². The molecule has 0 aromatic heterocycles. The van der Waals surface area contributed by atoms with Crippen molar-refractivity contribution in [1.82, 2.24) is 5.32 Å². The number of non-ortho nitro benzene ring substituents is 1. The molecule has 1 fully saturated rings. The second-order valence-corrected chi connectivity index (χ2v) is 8.11. The van der Waals surface area contributed by atoms with Crippen LogP contribution in [0.25, 0.3) is 6.08 Å². The fraction of sp³-hybridized carbons (Fsp3) is 0.143. The Labute approximate surface area is 213 Å². The molecular weight excluding hydrogens is 474 g/mol. The molecule has 0 radical (unpaired) electrons. The molecule has 1 saturated heterocycles. The second-order valence-electron chi connectivity index (χ2n) is 8.11. The molecule has 0 bridgehead atoms. The highest BCUT2D eigenvalue weighted by Crippen LogP contribution is 2.36. The maximum atomic E-state index is 13.0. The number of urea groups is 1. The first-order chi connectivity index (χ1) is 17.9. The monoisotopic (exact) mass is 499 g/mol. The first-order valence-corrected chi connectivity index (χ1v) is 11.6. The summed E-state index contributed by atoms with van der Waals surface area (Å²) in [7, 11) is 0. The Bertz CT molecular complexity index is 1380. The summed E-state index contributed by atoms with van der Waals surface area (Å²) >= 11 is 0. The number of benzene rings is 3. The molecule has 3 amide bonds. The van der Waals surface area contributed by atoms with Crippen molar-refractivity contribution in [3.63, 3.8) is 0 Å². The summed E-state index contributed by atoms with van der Waals surface area (Å²) in [5, 5.41) is 13.7. The van der Waals surface area contributed by atoms with Gasteiger partial charge < -0.3 is 14.8 Å². The van der Waals surface area contributed by atoms with Crippen LogP contribution in [0, 0.1) is 10.1 Å². The summed E-state index contributed by atoms with van der Waals surface area (Å²) in [5.74, 6) is 0.448. The van der Waals surface area contributed by atoms with Gasteiger partial charge in [0, 0.05) is 17.7 Å². The molecule has 1 aliphatic heterocycles. The third kappa shape index (κ3) is 5.67. The largest absolute Gasteiger partial charge is 0.490 e. The molecule has 3 aromatic carbocycles. The number of carbonyl (C=O) groups is 2. The van der Waals surface area contributed by atoms with Gasteiger partial charge in [0.15, 0.2) is 11.5 Å². The number of hydrogen-bond donors (Lipinski definition) is 1. The molecule has 3 aromatic rings. The molecule has 1 aliphatic rings. The number of carbonyl (C=O) groups excluding carboxylic acids is 2. The number of nitro groups is 1. The van der Waals surface area contributed by atoms with Crippen molar-refractivity contribution in [2.45, 2.75) is 20.0 Å². The zero-order valence-corrected chi connectivity index (χ0v) is 20.2. The third-order valence-electron chi connectivity index (χ3n) is 5.53. The van der Waals surface area contributed by atoms with Crippen LogP contribution < -0.4 is 19.7 Å². The molecule has 188 valence electrons. The minimum absolute atomic E-state index is 0.0211. The Balaban J connectivity index is 1.65. The van der Waals surface area contributed by atoms with E-state index >= 15 is 0 Å². The summed E-state index contributed by atoms with van der Waals surface area (Å²) in [5.41, 5.74) is 2.59. The van der Waals surface area contributed by atoms with Crippen LogP contribution in [0.2, 0.25) is 0 Å². The van der Waals surface area contributed by atoms with E-state index in [0.29, 0.717) is 41.3 Å². The normalized spacial score (nSPS) is 14.0. The number of allylic oxidation sites excluding steroid dienone is 1. The van der Waals surface area contributed by atoms with Crippen LogP contribution in [0.1, 0.15) is 23.6 Å². The highest BCUT2D eigenvalue weighted by atomic mass is 16.6. The first kappa shape index (κ1) is 25.2. The first-order valence-electron chi connectivity index (χ1n) is 11.6. The van der Waals surface area contributed by atoms with Gasteiger partial charge in [-0.05, 0) is 54.8 Å². The predicted octanol–water partition coefficient (Wildman–Crippen LogP) is 5.40. The van der Waals surface area contributed by atoms with Crippen LogP contribution in [0.5, 0.6) is 11.5 Å². The molecule has 1 N–H and O–H groups in total. The average molecular weight is 500 g/mol. The molecular formula is C28H25N3O6. The number of nitrogens with zero attached hydrogens (tertiary/aromatic N) is 2. The van der Waals surface area contributed by atoms with E-state index in [2.05, 4.69) is 11.9 Å². The fourth-order valence-electron chi connectivity index (χ4n) is 3.93. The number of hydrogen-bond acceptors (Lipinski definition) is 6. The summed E-state index contributed by atoms with van der Waals surface area (Å²) in [6, 6.07) is 17.9. The van der Waals surface area contributed by atoms with Gasteiger partial charge in [-0.2, -0.15) is 0 Å². The van der Waals surface area contributed by atoms with E-state index in [1.165, 1.54) is 12.1 Å². The number of ether oxygens (including phenoxy) is 2. The molecule has 0 spiro atoms. The van der Waals surface area contributed by atoms with Gasteiger partial charge in [-0.25, -0.2) is 9.69 Å². The maximum absolute atomic E-state index is 13.0. The van der Waals surface area contributed by atoms with Gasteiger partial charge >= 0.3 is 6.03 Å². The molecule has 9 heteroatoms. The van der Waals surface area contributed by atoms with Gasteiger partial charge in [0.1, 0.15) is 12.3 Å². The summed E-state index contributed by atoms with van der Waals surface area (Å²) in [4.78, 5) is 37.2. The SMILES string of the molecule is C=CCc1cc(/C=C2/NC(=O)N(c3ccccc3)C2=O)cc(OCC)c1OCc1cccc([N+](=O)[O-])c1. The second kappa shape index (κ2) is 11.2. The van der Waals surface area contributed by atoms with E-state index < -0.39 is 16.9 Å². The van der Waals surface area contributed by atoms with Crippen molar-refractivity contribution in [2.24, 2.45) is 0 Å². The molecule has 0 saturated carbocycles. The summed E-state index contributed by atoms with van der Waals surface area (Å²) in [6.45, 7) is 6.10. The van der Waals surface area contributed by atoms with Gasteiger partial charge in [-0.1, -0.05) is 36.4 Å². The van der Waals surface area contributed by atoms with Gasteiger partial charge in [-0.3, -0.25) is 14.9 Å².